The molecular formula is C11H17NO4. The van der Waals surface area contributed by atoms with E-state index in [9.17, 15) is 9.59 Å². The lowest BCUT2D eigenvalue weighted by Crippen LogP contribution is -2.39. The predicted molar refractivity (Wildman–Crippen MR) is 56.1 cm³/mol. The van der Waals surface area contributed by atoms with Gasteiger partial charge in [-0.1, -0.05) is 0 Å². The molecule has 1 aliphatic carbocycles. The van der Waals surface area contributed by atoms with Crippen molar-refractivity contribution in [1.82, 2.24) is 4.90 Å². The molecule has 16 heavy (non-hydrogen) atoms. The summed E-state index contributed by atoms with van der Waals surface area (Å²) in [6, 6.07) is 0. The van der Waals surface area contributed by atoms with Crippen LogP contribution >= 0.6 is 0 Å². The molecule has 0 aromatic rings. The maximum absolute atomic E-state index is 11.5. The number of carbonyl (C=O) groups excluding carboxylic acids is 1. The number of hydrogen-bond acceptors (Lipinski definition) is 3. The van der Waals surface area contributed by atoms with Crippen molar-refractivity contribution in [2.45, 2.75) is 38.2 Å². The Morgan fingerprint density at radius 2 is 2.19 bits per heavy atom. The third-order valence-electron chi connectivity index (χ3n) is 3.67. The Morgan fingerprint density at radius 3 is 2.62 bits per heavy atom. The number of rotatable bonds is 2. The first-order valence-electron chi connectivity index (χ1n) is 5.77. The predicted octanol–water partition coefficient (Wildman–Crippen LogP) is 1.47. The minimum atomic E-state index is -0.730. The van der Waals surface area contributed by atoms with Crippen molar-refractivity contribution in [2.75, 3.05) is 13.1 Å². The number of aliphatic carboxylic acids is 1. The van der Waals surface area contributed by atoms with Gasteiger partial charge in [-0.15, -0.1) is 0 Å². The van der Waals surface area contributed by atoms with Gasteiger partial charge in [0, 0.05) is 6.54 Å². The molecule has 1 heterocycles. The summed E-state index contributed by atoms with van der Waals surface area (Å²) in [5.74, 6) is -0.994. The number of carboxylic acid groups (broad SMARTS) is 1. The summed E-state index contributed by atoms with van der Waals surface area (Å²) < 4.78 is 5.42. The Labute approximate surface area is 94.4 Å². The summed E-state index contributed by atoms with van der Waals surface area (Å²) in [6.45, 7) is 3.20. The molecule has 1 saturated carbocycles. The summed E-state index contributed by atoms with van der Waals surface area (Å²) in [5.41, 5.74) is -0.404. The zero-order valence-corrected chi connectivity index (χ0v) is 9.44. The van der Waals surface area contributed by atoms with Gasteiger partial charge in [-0.05, 0) is 32.6 Å². The topological polar surface area (TPSA) is 66.8 Å². The third-order valence-corrected chi connectivity index (χ3v) is 3.67. The van der Waals surface area contributed by atoms with Gasteiger partial charge < -0.3 is 14.7 Å². The van der Waals surface area contributed by atoms with Gasteiger partial charge >= 0.3 is 12.1 Å². The smallest absolute Gasteiger partial charge is 0.410 e. The molecular weight excluding hydrogens is 210 g/mol. The van der Waals surface area contributed by atoms with Crippen molar-refractivity contribution in [2.24, 2.45) is 5.92 Å². The molecule has 0 bridgehead atoms. The fraction of sp³-hybridized carbons (Fsp3) is 0.818. The molecule has 0 atom stereocenters. The van der Waals surface area contributed by atoms with Crippen molar-refractivity contribution < 1.29 is 19.4 Å². The molecule has 0 unspecified atom stereocenters. The minimum absolute atomic E-state index is 0.253. The highest BCUT2D eigenvalue weighted by molar-refractivity contribution is 5.72. The molecule has 1 spiro atoms. The lowest BCUT2D eigenvalue weighted by molar-refractivity contribution is -0.144. The fourth-order valence-electron chi connectivity index (χ4n) is 2.59. The molecule has 0 aromatic heterocycles. The van der Waals surface area contributed by atoms with E-state index in [1.807, 2.05) is 6.92 Å². The summed E-state index contributed by atoms with van der Waals surface area (Å²) in [6.07, 6.45) is 2.31. The molecule has 5 heteroatoms. The number of ether oxygens (including phenoxy) is 1. The van der Waals surface area contributed by atoms with Gasteiger partial charge in [-0.2, -0.15) is 0 Å². The second-order valence-corrected chi connectivity index (χ2v) is 4.68. The van der Waals surface area contributed by atoms with E-state index in [0.717, 1.165) is 0 Å². The first-order valence-corrected chi connectivity index (χ1v) is 5.77. The van der Waals surface area contributed by atoms with Crippen molar-refractivity contribution in [3.8, 4) is 0 Å². The maximum atomic E-state index is 11.5. The highest BCUT2D eigenvalue weighted by Gasteiger charge is 2.47. The van der Waals surface area contributed by atoms with Crippen LogP contribution < -0.4 is 0 Å². The van der Waals surface area contributed by atoms with Crippen LogP contribution in [-0.2, 0) is 9.53 Å². The second-order valence-electron chi connectivity index (χ2n) is 4.68. The largest absolute Gasteiger partial charge is 0.481 e. The SMILES string of the molecule is CCN1CC2(CCC(C(=O)O)CC2)OC1=O. The van der Waals surface area contributed by atoms with Crippen LogP contribution in [-0.4, -0.2) is 40.8 Å². The molecule has 1 aliphatic heterocycles. The summed E-state index contributed by atoms with van der Waals surface area (Å²) in [4.78, 5) is 24.0. The monoisotopic (exact) mass is 227 g/mol. The van der Waals surface area contributed by atoms with Crippen LogP contribution in [0, 0.1) is 5.92 Å². The molecule has 2 aliphatic rings. The Kier molecular flexibility index (Phi) is 2.78. The van der Waals surface area contributed by atoms with Crippen LogP contribution in [0.25, 0.3) is 0 Å². The van der Waals surface area contributed by atoms with E-state index in [0.29, 0.717) is 38.8 Å². The molecule has 0 radical (unpaired) electrons. The van der Waals surface area contributed by atoms with Crippen LogP contribution in [0.15, 0.2) is 0 Å². The molecule has 2 rings (SSSR count). The maximum Gasteiger partial charge on any atom is 0.410 e. The molecule has 90 valence electrons. The Balaban J connectivity index is 1.98. The van der Waals surface area contributed by atoms with Gasteiger partial charge in [-0.3, -0.25) is 4.79 Å². The van der Waals surface area contributed by atoms with Crippen LogP contribution in [0.2, 0.25) is 0 Å². The normalized spacial score (nSPS) is 34.2. The first kappa shape index (κ1) is 11.2. The van der Waals surface area contributed by atoms with E-state index < -0.39 is 11.6 Å². The highest BCUT2D eigenvalue weighted by atomic mass is 16.6. The quantitative estimate of drug-likeness (QED) is 0.775. The Bertz CT molecular complexity index is 307. The lowest BCUT2D eigenvalue weighted by atomic mass is 9.79. The van der Waals surface area contributed by atoms with E-state index in [2.05, 4.69) is 0 Å². The average Bonchev–Trinajstić information content (AvgIpc) is 2.55. The highest BCUT2D eigenvalue weighted by Crippen LogP contribution is 2.39. The number of nitrogens with zero attached hydrogens (tertiary/aromatic N) is 1. The fourth-order valence-corrected chi connectivity index (χ4v) is 2.59. The summed E-state index contributed by atoms with van der Waals surface area (Å²) in [7, 11) is 0. The number of carbonyl (C=O) groups is 2. The van der Waals surface area contributed by atoms with Crippen molar-refractivity contribution in [3.63, 3.8) is 0 Å². The molecule has 0 aromatic carbocycles. The molecule has 1 saturated heterocycles. The second kappa shape index (κ2) is 3.96. The van der Waals surface area contributed by atoms with Gasteiger partial charge in [0.15, 0.2) is 0 Å². The number of amides is 1. The van der Waals surface area contributed by atoms with Crippen LogP contribution in [0.4, 0.5) is 4.79 Å². The van der Waals surface area contributed by atoms with E-state index in [4.69, 9.17) is 9.84 Å². The summed E-state index contributed by atoms with van der Waals surface area (Å²) in [5, 5.41) is 8.90. The molecule has 1 amide bonds. The van der Waals surface area contributed by atoms with E-state index in [1.54, 1.807) is 4.90 Å². The van der Waals surface area contributed by atoms with Crippen molar-refractivity contribution in [1.29, 1.82) is 0 Å². The number of carboxylic acids is 1. The van der Waals surface area contributed by atoms with E-state index in [-0.39, 0.29) is 12.0 Å². The summed E-state index contributed by atoms with van der Waals surface area (Å²) >= 11 is 0. The zero-order chi connectivity index (χ0) is 11.8. The van der Waals surface area contributed by atoms with Gasteiger partial charge in [-0.25, -0.2) is 4.79 Å². The van der Waals surface area contributed by atoms with Crippen LogP contribution in [0.5, 0.6) is 0 Å². The van der Waals surface area contributed by atoms with Crippen LogP contribution in [0.3, 0.4) is 0 Å². The molecule has 1 N–H and O–H groups in total. The minimum Gasteiger partial charge on any atom is -0.481 e. The van der Waals surface area contributed by atoms with E-state index >= 15 is 0 Å². The molecule has 5 nitrogen and oxygen atoms in total. The van der Waals surface area contributed by atoms with Crippen molar-refractivity contribution in [3.05, 3.63) is 0 Å². The van der Waals surface area contributed by atoms with E-state index in [1.165, 1.54) is 0 Å². The van der Waals surface area contributed by atoms with Gasteiger partial charge in [0.05, 0.1) is 12.5 Å². The zero-order valence-electron chi connectivity index (χ0n) is 9.44. The molecule has 2 fully saturated rings. The van der Waals surface area contributed by atoms with Crippen LogP contribution in [0.1, 0.15) is 32.6 Å². The standard InChI is InChI=1S/C11H17NO4/c1-2-12-7-11(16-10(12)15)5-3-8(4-6-11)9(13)14/h8H,2-7H2,1H3,(H,13,14). The van der Waals surface area contributed by atoms with Gasteiger partial charge in [0.2, 0.25) is 0 Å². The third kappa shape index (κ3) is 1.86. The average molecular weight is 227 g/mol. The van der Waals surface area contributed by atoms with Crippen molar-refractivity contribution >= 4 is 12.1 Å². The Morgan fingerprint density at radius 1 is 1.56 bits per heavy atom. The van der Waals surface area contributed by atoms with Gasteiger partial charge in [0.25, 0.3) is 0 Å². The number of likely N-dealkylation sites (N-methyl/N-ethyl adjacent to an activating group) is 1. The Hall–Kier alpha value is -1.26. The number of hydrogen-bond donors (Lipinski definition) is 1. The lowest BCUT2D eigenvalue weighted by Gasteiger charge is -2.33. The first-order chi connectivity index (χ1) is 7.56. The van der Waals surface area contributed by atoms with Gasteiger partial charge in [0.1, 0.15) is 5.60 Å².